The van der Waals surface area contributed by atoms with Gasteiger partial charge in [-0.1, -0.05) is 25.5 Å². The fraction of sp³-hybridized carbons (Fsp3) is 0.654. The first-order chi connectivity index (χ1) is 16.2. The lowest BCUT2D eigenvalue weighted by Crippen LogP contribution is -2.49. The Bertz CT molecular complexity index is 1080. The summed E-state index contributed by atoms with van der Waals surface area (Å²) in [7, 11) is -4.19. The highest BCUT2D eigenvalue weighted by Gasteiger charge is 2.46. The Hall–Kier alpha value is -1.84. The zero-order chi connectivity index (χ0) is 26.6. The molecule has 4 atom stereocenters. The highest BCUT2D eigenvalue weighted by molar-refractivity contribution is 7.94. The van der Waals surface area contributed by atoms with Gasteiger partial charge in [0.25, 0.3) is 0 Å². The molecule has 0 amide bonds. The zero-order valence-electron chi connectivity index (χ0n) is 21.8. The molecule has 35 heavy (non-hydrogen) atoms. The van der Waals surface area contributed by atoms with Crippen molar-refractivity contribution in [3.05, 3.63) is 33.3 Å². The molecule has 0 spiro atoms. The Kier molecular flexibility index (Phi) is 10.0. The third-order valence-electron chi connectivity index (χ3n) is 6.89. The summed E-state index contributed by atoms with van der Waals surface area (Å²) in [5.41, 5.74) is 2.64. The van der Waals surface area contributed by atoms with E-state index in [9.17, 15) is 23.1 Å². The van der Waals surface area contributed by atoms with Gasteiger partial charge in [-0.2, -0.15) is 0 Å². The van der Waals surface area contributed by atoms with Crippen LogP contribution in [0.1, 0.15) is 77.9 Å². The predicted molar refractivity (Wildman–Crippen MR) is 140 cm³/mol. The Labute approximate surface area is 213 Å². The van der Waals surface area contributed by atoms with Gasteiger partial charge in [0.15, 0.2) is 15.6 Å². The van der Waals surface area contributed by atoms with Crippen molar-refractivity contribution in [2.45, 2.75) is 91.1 Å². The average Bonchev–Trinajstić information content (AvgIpc) is 3.17. The summed E-state index contributed by atoms with van der Waals surface area (Å²) < 4.78 is 30.1. The number of aromatic nitrogens is 1. The van der Waals surface area contributed by atoms with Crippen molar-refractivity contribution in [3.8, 4) is 0 Å². The number of aliphatic hydroxyl groups is 1. The summed E-state index contributed by atoms with van der Waals surface area (Å²) in [6.07, 6.45) is 4.98. The topological polar surface area (TPSA) is 111 Å². The molecule has 0 aliphatic carbocycles. The van der Waals surface area contributed by atoms with Crippen LogP contribution >= 0.6 is 11.3 Å². The van der Waals surface area contributed by atoms with Crippen LogP contribution in [0.3, 0.4) is 0 Å². The predicted octanol–water partition coefficient (Wildman–Crippen LogP) is 4.68. The number of aryl methyl sites for hydroxylation is 1. The number of carbonyl (C=O) groups excluding carboxylic acids is 2. The quantitative estimate of drug-likeness (QED) is 0.441. The first-order valence-corrected chi connectivity index (χ1v) is 14.6. The number of thiazole rings is 1. The number of carbonyl (C=O) groups is 2. The standard InChI is InChI=1S/C26H39NO6S2/c1-16-9-8-10-17(2)24(29)19(4)25(30)26(6,7)35(31,32)15-23(28)33-22(12-11-16)18(3)13-21-14-34-20(5)27-21/h11,13-14,17,19,22,24,29H,8-10,12,15H2,1-7H3/t17-,19+,22-,24-/m0/s1. The first kappa shape index (κ1) is 29.4. The second-order valence-corrected chi connectivity index (χ2v) is 13.8. The van der Waals surface area contributed by atoms with Crippen molar-refractivity contribution in [1.82, 2.24) is 4.98 Å². The van der Waals surface area contributed by atoms with Crippen molar-refractivity contribution in [2.75, 3.05) is 5.75 Å². The maximum Gasteiger partial charge on any atom is 0.321 e. The number of ether oxygens (including phenoxy) is 1. The van der Waals surface area contributed by atoms with Crippen LogP contribution in [0, 0.1) is 18.8 Å². The molecule has 0 radical (unpaired) electrons. The van der Waals surface area contributed by atoms with Gasteiger partial charge in [-0.15, -0.1) is 11.3 Å². The van der Waals surface area contributed by atoms with Crippen LogP contribution in [0.15, 0.2) is 22.6 Å². The zero-order valence-corrected chi connectivity index (χ0v) is 23.5. The SMILES string of the molecule is CC1=CC[C@@H](C(C)=Cc2csc(C)n2)OC(=O)CS(=O)(=O)C(C)(C)C(=O)[C@H](C)[C@@H](O)[C@@H](C)CCC1. The average molecular weight is 526 g/mol. The molecule has 1 N–H and O–H groups in total. The Morgan fingerprint density at radius 1 is 1.26 bits per heavy atom. The number of hydrogen-bond acceptors (Lipinski definition) is 8. The van der Waals surface area contributed by atoms with Gasteiger partial charge in [0.2, 0.25) is 0 Å². The second kappa shape index (κ2) is 11.9. The van der Waals surface area contributed by atoms with E-state index in [4.69, 9.17) is 4.74 Å². The second-order valence-electron chi connectivity index (χ2n) is 10.2. The molecular weight excluding hydrogens is 486 g/mol. The van der Waals surface area contributed by atoms with Crippen LogP contribution in [-0.2, 0) is 24.2 Å². The van der Waals surface area contributed by atoms with Gasteiger partial charge in [0.05, 0.1) is 16.8 Å². The van der Waals surface area contributed by atoms with Crippen molar-refractivity contribution in [1.29, 1.82) is 0 Å². The van der Waals surface area contributed by atoms with Gasteiger partial charge < -0.3 is 9.84 Å². The molecule has 0 saturated carbocycles. The molecule has 0 bridgehead atoms. The van der Waals surface area contributed by atoms with E-state index in [1.807, 2.05) is 45.2 Å². The van der Waals surface area contributed by atoms with Crippen molar-refractivity contribution < 1.29 is 27.9 Å². The third-order valence-corrected chi connectivity index (χ3v) is 10.1. The fourth-order valence-corrected chi connectivity index (χ4v) is 6.06. The molecular formula is C26H39NO6S2. The summed E-state index contributed by atoms with van der Waals surface area (Å²) >= 11 is 1.52. The summed E-state index contributed by atoms with van der Waals surface area (Å²) in [6.45, 7) is 11.8. The van der Waals surface area contributed by atoms with Crippen molar-refractivity contribution in [3.63, 3.8) is 0 Å². The number of esters is 1. The monoisotopic (exact) mass is 525 g/mol. The number of Topliss-reactive ketones (excluding diaryl/α,β-unsaturated/α-hetero) is 1. The van der Waals surface area contributed by atoms with E-state index in [0.29, 0.717) is 12.8 Å². The molecule has 1 aromatic rings. The van der Waals surface area contributed by atoms with Gasteiger partial charge in [0, 0.05) is 17.7 Å². The first-order valence-electron chi connectivity index (χ1n) is 12.1. The largest absolute Gasteiger partial charge is 0.457 e. The number of nitrogens with zero attached hydrogens (tertiary/aromatic N) is 1. The maximum absolute atomic E-state index is 13.2. The maximum atomic E-state index is 13.2. The molecule has 0 saturated heterocycles. The number of allylic oxidation sites excluding steroid dienone is 1. The molecule has 0 fully saturated rings. The van der Waals surface area contributed by atoms with Crippen LogP contribution in [0.2, 0.25) is 0 Å². The molecule has 2 heterocycles. The molecule has 7 nitrogen and oxygen atoms in total. The molecule has 9 heteroatoms. The summed E-state index contributed by atoms with van der Waals surface area (Å²) in [4.78, 5) is 30.4. The van der Waals surface area contributed by atoms with E-state index >= 15 is 0 Å². The van der Waals surface area contributed by atoms with Crippen LogP contribution in [0.5, 0.6) is 0 Å². The summed E-state index contributed by atoms with van der Waals surface area (Å²) in [5, 5.41) is 13.6. The van der Waals surface area contributed by atoms with E-state index in [2.05, 4.69) is 4.98 Å². The molecule has 0 unspecified atom stereocenters. The minimum atomic E-state index is -4.19. The Morgan fingerprint density at radius 3 is 2.51 bits per heavy atom. The highest BCUT2D eigenvalue weighted by atomic mass is 32.2. The normalized spacial score (nSPS) is 29.4. The van der Waals surface area contributed by atoms with Crippen LogP contribution in [-0.4, -0.2) is 53.0 Å². The van der Waals surface area contributed by atoms with Gasteiger partial charge in [0.1, 0.15) is 16.6 Å². The lowest BCUT2D eigenvalue weighted by Gasteiger charge is -2.31. The van der Waals surface area contributed by atoms with E-state index in [0.717, 1.165) is 34.7 Å². The number of hydrogen-bond donors (Lipinski definition) is 1. The van der Waals surface area contributed by atoms with Gasteiger partial charge >= 0.3 is 5.97 Å². The van der Waals surface area contributed by atoms with Gasteiger partial charge in [-0.05, 0) is 71.4 Å². The minimum Gasteiger partial charge on any atom is -0.457 e. The number of ketones is 1. The summed E-state index contributed by atoms with van der Waals surface area (Å²) in [6, 6.07) is 0. The van der Waals surface area contributed by atoms with E-state index in [-0.39, 0.29) is 5.92 Å². The van der Waals surface area contributed by atoms with Crippen LogP contribution in [0.4, 0.5) is 0 Å². The lowest BCUT2D eigenvalue weighted by atomic mass is 9.83. The number of sulfone groups is 1. The van der Waals surface area contributed by atoms with E-state index in [1.165, 1.54) is 25.2 Å². The lowest BCUT2D eigenvalue weighted by molar-refractivity contribution is -0.144. The van der Waals surface area contributed by atoms with Gasteiger partial charge in [-0.3, -0.25) is 9.59 Å². The summed E-state index contributed by atoms with van der Waals surface area (Å²) in [5.74, 6) is -3.46. The minimum absolute atomic E-state index is 0.169. The fourth-order valence-electron chi connectivity index (χ4n) is 4.26. The Balaban J connectivity index is 2.41. The number of cyclic esters (lactones) is 1. The highest BCUT2D eigenvalue weighted by Crippen LogP contribution is 2.29. The molecule has 1 aromatic heterocycles. The van der Waals surface area contributed by atoms with E-state index < -0.39 is 50.2 Å². The molecule has 1 aliphatic heterocycles. The van der Waals surface area contributed by atoms with Crippen LogP contribution in [0.25, 0.3) is 6.08 Å². The number of rotatable bonds is 2. The molecule has 0 aromatic carbocycles. The molecule has 196 valence electrons. The van der Waals surface area contributed by atoms with Crippen molar-refractivity contribution in [2.24, 2.45) is 11.8 Å². The number of aliphatic hydroxyl groups excluding tert-OH is 1. The van der Waals surface area contributed by atoms with Crippen LogP contribution < -0.4 is 0 Å². The van der Waals surface area contributed by atoms with Gasteiger partial charge in [-0.25, -0.2) is 13.4 Å². The molecule has 2 rings (SSSR count). The smallest absolute Gasteiger partial charge is 0.321 e. The third kappa shape index (κ3) is 7.57. The Morgan fingerprint density at radius 2 is 1.91 bits per heavy atom. The van der Waals surface area contributed by atoms with Crippen molar-refractivity contribution >= 4 is 39.0 Å². The molecule has 1 aliphatic rings. The van der Waals surface area contributed by atoms with E-state index in [1.54, 1.807) is 6.92 Å².